The summed E-state index contributed by atoms with van der Waals surface area (Å²) in [6.07, 6.45) is 0. The largest absolute Gasteiger partial charge is 0.340 e. The number of hydrogen-bond acceptors (Lipinski definition) is 4. The van der Waals surface area contributed by atoms with Gasteiger partial charge in [-0.15, -0.1) is 12.4 Å². The van der Waals surface area contributed by atoms with Crippen LogP contribution < -0.4 is 10.0 Å². The van der Waals surface area contributed by atoms with E-state index in [0.717, 1.165) is 0 Å². The van der Waals surface area contributed by atoms with Crippen molar-refractivity contribution in [2.45, 2.75) is 11.8 Å². The van der Waals surface area contributed by atoms with E-state index < -0.39 is 10.0 Å². The second kappa shape index (κ2) is 9.94. The van der Waals surface area contributed by atoms with Gasteiger partial charge in [-0.25, -0.2) is 8.42 Å². The molecular weight excluding hydrogens is 409 g/mol. The number of aryl methyl sites for hydroxylation is 1. The Labute approximate surface area is 171 Å². The first-order valence-corrected chi connectivity index (χ1v) is 9.90. The molecule has 2 aromatic carbocycles. The molecule has 9 heteroatoms. The Morgan fingerprint density at radius 3 is 2.52 bits per heavy atom. The van der Waals surface area contributed by atoms with Gasteiger partial charge in [0.1, 0.15) is 0 Å². The SMILES string of the molecule is CNCCN(C)C(=O)c1ccc(C)c(S(=O)(=O)Nc2cccc(Cl)c2)c1.Cl. The molecule has 27 heavy (non-hydrogen) atoms. The highest BCUT2D eigenvalue weighted by Gasteiger charge is 2.20. The van der Waals surface area contributed by atoms with E-state index in [1.54, 1.807) is 56.3 Å². The minimum absolute atomic E-state index is 0. The molecule has 0 aromatic heterocycles. The van der Waals surface area contributed by atoms with E-state index in [0.29, 0.717) is 34.9 Å². The van der Waals surface area contributed by atoms with Gasteiger partial charge in [0, 0.05) is 30.7 Å². The van der Waals surface area contributed by atoms with Crippen LogP contribution in [0.5, 0.6) is 0 Å². The number of benzene rings is 2. The molecular formula is C18H23Cl2N3O3S. The summed E-state index contributed by atoms with van der Waals surface area (Å²) >= 11 is 5.90. The summed E-state index contributed by atoms with van der Waals surface area (Å²) in [6, 6.07) is 11.1. The Morgan fingerprint density at radius 1 is 1.19 bits per heavy atom. The number of nitrogens with zero attached hydrogens (tertiary/aromatic N) is 1. The van der Waals surface area contributed by atoms with E-state index in [-0.39, 0.29) is 23.2 Å². The zero-order chi connectivity index (χ0) is 19.3. The van der Waals surface area contributed by atoms with Crippen LogP contribution in [0, 0.1) is 6.92 Å². The van der Waals surface area contributed by atoms with Gasteiger partial charge >= 0.3 is 0 Å². The molecule has 2 rings (SSSR count). The number of likely N-dealkylation sites (N-methyl/N-ethyl adjacent to an activating group) is 2. The number of amides is 1. The average molecular weight is 432 g/mol. The van der Waals surface area contributed by atoms with Crippen LogP contribution in [0.2, 0.25) is 5.02 Å². The van der Waals surface area contributed by atoms with Crippen LogP contribution >= 0.6 is 24.0 Å². The molecule has 2 N–H and O–H groups in total. The molecule has 0 saturated carbocycles. The monoisotopic (exact) mass is 431 g/mol. The fourth-order valence-corrected chi connectivity index (χ4v) is 3.90. The molecule has 0 bridgehead atoms. The number of carbonyl (C=O) groups is 1. The number of halogens is 2. The molecule has 0 fully saturated rings. The fourth-order valence-electron chi connectivity index (χ4n) is 2.39. The lowest BCUT2D eigenvalue weighted by atomic mass is 10.1. The zero-order valence-corrected chi connectivity index (χ0v) is 17.7. The Morgan fingerprint density at radius 2 is 1.89 bits per heavy atom. The minimum Gasteiger partial charge on any atom is -0.340 e. The van der Waals surface area contributed by atoms with Crippen molar-refractivity contribution in [1.82, 2.24) is 10.2 Å². The molecule has 2 aromatic rings. The predicted octanol–water partition coefficient (Wildman–Crippen LogP) is 3.16. The summed E-state index contributed by atoms with van der Waals surface area (Å²) in [5.41, 5.74) is 1.23. The Hall–Kier alpha value is -1.80. The molecule has 0 spiro atoms. The quantitative estimate of drug-likeness (QED) is 0.705. The number of carbonyl (C=O) groups excluding carboxylic acids is 1. The maximum absolute atomic E-state index is 12.8. The molecule has 1 amide bonds. The highest BCUT2D eigenvalue weighted by atomic mass is 35.5. The van der Waals surface area contributed by atoms with Crippen molar-refractivity contribution in [3.05, 3.63) is 58.6 Å². The van der Waals surface area contributed by atoms with Gasteiger partial charge in [0.15, 0.2) is 0 Å². The van der Waals surface area contributed by atoms with Gasteiger partial charge in [-0.05, 0) is 49.9 Å². The Balaban J connectivity index is 0.00000364. The number of sulfonamides is 1. The van der Waals surface area contributed by atoms with Gasteiger partial charge in [-0.1, -0.05) is 23.7 Å². The van der Waals surface area contributed by atoms with E-state index >= 15 is 0 Å². The van der Waals surface area contributed by atoms with E-state index in [1.165, 1.54) is 12.1 Å². The highest BCUT2D eigenvalue weighted by Crippen LogP contribution is 2.23. The lowest BCUT2D eigenvalue weighted by Crippen LogP contribution is -2.33. The van der Waals surface area contributed by atoms with Crippen LogP contribution in [0.1, 0.15) is 15.9 Å². The molecule has 0 saturated heterocycles. The van der Waals surface area contributed by atoms with Crippen molar-refractivity contribution in [2.24, 2.45) is 0 Å². The summed E-state index contributed by atoms with van der Waals surface area (Å²) in [6.45, 7) is 2.85. The van der Waals surface area contributed by atoms with Crippen LogP contribution in [0.3, 0.4) is 0 Å². The minimum atomic E-state index is -3.85. The number of rotatable bonds is 7. The van der Waals surface area contributed by atoms with Crippen LogP contribution in [0.25, 0.3) is 0 Å². The Kier molecular flexibility index (Phi) is 8.56. The molecule has 0 aliphatic carbocycles. The number of nitrogens with one attached hydrogen (secondary N) is 2. The molecule has 0 aliphatic rings. The smallest absolute Gasteiger partial charge is 0.262 e. The topological polar surface area (TPSA) is 78.5 Å². The third-order valence-corrected chi connectivity index (χ3v) is 5.60. The number of hydrogen-bond donors (Lipinski definition) is 2. The maximum atomic E-state index is 12.8. The van der Waals surface area contributed by atoms with E-state index in [2.05, 4.69) is 10.0 Å². The highest BCUT2D eigenvalue weighted by molar-refractivity contribution is 7.92. The fraction of sp³-hybridized carbons (Fsp3) is 0.278. The zero-order valence-electron chi connectivity index (χ0n) is 15.3. The maximum Gasteiger partial charge on any atom is 0.262 e. The third kappa shape index (κ3) is 6.10. The number of anilines is 1. The van der Waals surface area contributed by atoms with Gasteiger partial charge in [0.2, 0.25) is 0 Å². The lowest BCUT2D eigenvalue weighted by molar-refractivity contribution is 0.0796. The molecule has 148 valence electrons. The van der Waals surface area contributed by atoms with Gasteiger partial charge in [0.05, 0.1) is 10.6 Å². The molecule has 0 aliphatic heterocycles. The van der Waals surface area contributed by atoms with Crippen molar-refractivity contribution in [3.63, 3.8) is 0 Å². The average Bonchev–Trinajstić information content (AvgIpc) is 2.58. The van der Waals surface area contributed by atoms with Crippen molar-refractivity contribution >= 4 is 45.6 Å². The van der Waals surface area contributed by atoms with Crippen LogP contribution in [-0.4, -0.2) is 46.4 Å². The van der Waals surface area contributed by atoms with Crippen molar-refractivity contribution in [3.8, 4) is 0 Å². The van der Waals surface area contributed by atoms with Gasteiger partial charge < -0.3 is 10.2 Å². The van der Waals surface area contributed by atoms with E-state index in [1.807, 2.05) is 0 Å². The van der Waals surface area contributed by atoms with E-state index in [4.69, 9.17) is 11.6 Å². The summed E-state index contributed by atoms with van der Waals surface area (Å²) in [5, 5.41) is 3.40. The summed E-state index contributed by atoms with van der Waals surface area (Å²) < 4.78 is 28.0. The lowest BCUT2D eigenvalue weighted by Gasteiger charge is -2.18. The molecule has 0 radical (unpaired) electrons. The molecule has 0 heterocycles. The first-order valence-electron chi connectivity index (χ1n) is 8.03. The standard InChI is InChI=1S/C18H22ClN3O3S.ClH/c1-13-7-8-14(18(23)22(3)10-9-20-2)11-17(13)26(24,25)21-16-6-4-5-15(19)12-16;/h4-8,11-12,20-21H,9-10H2,1-3H3;1H. The summed E-state index contributed by atoms with van der Waals surface area (Å²) in [7, 11) is -0.371. The van der Waals surface area contributed by atoms with Crippen LogP contribution in [0.15, 0.2) is 47.4 Å². The Bertz CT molecular complexity index is 904. The summed E-state index contributed by atoms with van der Waals surface area (Å²) in [5.74, 6) is -0.237. The molecule has 0 unspecified atom stereocenters. The third-order valence-electron chi connectivity index (χ3n) is 3.85. The van der Waals surface area contributed by atoms with Crippen LogP contribution in [-0.2, 0) is 10.0 Å². The van der Waals surface area contributed by atoms with Crippen molar-refractivity contribution < 1.29 is 13.2 Å². The van der Waals surface area contributed by atoms with Crippen LogP contribution in [0.4, 0.5) is 5.69 Å². The van der Waals surface area contributed by atoms with Gasteiger partial charge in [0.25, 0.3) is 15.9 Å². The van der Waals surface area contributed by atoms with Gasteiger partial charge in [-0.2, -0.15) is 0 Å². The molecule has 6 nitrogen and oxygen atoms in total. The normalized spacial score (nSPS) is 10.8. The van der Waals surface area contributed by atoms with Crippen molar-refractivity contribution in [2.75, 3.05) is 31.9 Å². The predicted molar refractivity (Wildman–Crippen MR) is 112 cm³/mol. The molecule has 0 atom stereocenters. The summed E-state index contributed by atoms with van der Waals surface area (Å²) in [4.78, 5) is 14.1. The van der Waals surface area contributed by atoms with E-state index in [9.17, 15) is 13.2 Å². The first kappa shape index (κ1) is 23.2. The van der Waals surface area contributed by atoms with Gasteiger partial charge in [-0.3, -0.25) is 9.52 Å². The second-order valence-corrected chi connectivity index (χ2v) is 8.01. The second-order valence-electron chi connectivity index (χ2n) is 5.93. The van der Waals surface area contributed by atoms with Crippen molar-refractivity contribution in [1.29, 1.82) is 0 Å². The first-order chi connectivity index (χ1) is 12.2.